The highest BCUT2D eigenvalue weighted by Crippen LogP contribution is 2.40. The minimum atomic E-state index is 0.237. The third-order valence-corrected chi connectivity index (χ3v) is 8.16. The highest BCUT2D eigenvalue weighted by Gasteiger charge is 2.34. The number of rotatable bonds is 9. The lowest BCUT2D eigenvalue weighted by Gasteiger charge is -2.32. The average Bonchev–Trinajstić information content (AvgIpc) is 3.64. The van der Waals surface area contributed by atoms with Gasteiger partial charge in [-0.2, -0.15) is 5.10 Å². The van der Waals surface area contributed by atoms with Crippen LogP contribution in [0.25, 0.3) is 10.9 Å². The zero-order valence-electron chi connectivity index (χ0n) is 22.3. The summed E-state index contributed by atoms with van der Waals surface area (Å²) in [7, 11) is 0. The normalized spacial score (nSPS) is 23.1. The second kappa shape index (κ2) is 10.9. The van der Waals surface area contributed by atoms with Crippen LogP contribution in [0, 0.1) is 5.92 Å². The van der Waals surface area contributed by atoms with Gasteiger partial charge in [0.05, 0.1) is 49.3 Å². The fraction of sp³-hybridized carbons (Fsp3) is 0.567. The van der Waals surface area contributed by atoms with Gasteiger partial charge in [0.2, 0.25) is 0 Å². The van der Waals surface area contributed by atoms with Gasteiger partial charge >= 0.3 is 0 Å². The molecule has 2 aliphatic rings. The van der Waals surface area contributed by atoms with Gasteiger partial charge in [-0.3, -0.25) is 4.68 Å². The molecule has 0 bridgehead atoms. The molecule has 1 aromatic heterocycles. The summed E-state index contributed by atoms with van der Waals surface area (Å²) in [5, 5.41) is 8.11. The number of nitrogens with zero attached hydrogens (tertiary/aromatic N) is 3. The molecule has 2 N–H and O–H groups in total. The standard InChI is InChI=1S/C30H42N4O2/c1-5-8-22-9-6-12-27(29(22)33(31)25-13-14-35-18-25)21(4)15-24-17-36-19-28(24)34-30-23(16-32-34)10-7-11-26(30)20(2)3/h6-7,9-12,16,20-21,24-25,28H,5,8,13-15,17-19,31H2,1-4H3/t21?,24?,25-,28-/m1/s1. The van der Waals surface area contributed by atoms with E-state index in [2.05, 4.69) is 68.8 Å². The maximum absolute atomic E-state index is 6.80. The molecular weight excluding hydrogens is 448 g/mol. The molecule has 2 saturated heterocycles. The highest BCUT2D eigenvalue weighted by atomic mass is 16.5. The highest BCUT2D eigenvalue weighted by molar-refractivity contribution is 5.82. The minimum Gasteiger partial charge on any atom is -0.379 e. The Labute approximate surface area is 215 Å². The maximum Gasteiger partial charge on any atom is 0.0810 e. The van der Waals surface area contributed by atoms with Crippen molar-refractivity contribution in [3.63, 3.8) is 0 Å². The SMILES string of the molecule is CCCc1cccc(C(C)CC2COC[C@H]2n2ncc3cccc(C(C)C)c32)c1N(N)[C@@H]1CCOC1. The second-order valence-electron chi connectivity index (χ2n) is 11.1. The minimum absolute atomic E-state index is 0.237. The first-order chi connectivity index (χ1) is 17.5. The van der Waals surface area contributed by atoms with Gasteiger partial charge in [0.15, 0.2) is 0 Å². The molecule has 6 heteroatoms. The van der Waals surface area contributed by atoms with Gasteiger partial charge in [0.1, 0.15) is 0 Å². The van der Waals surface area contributed by atoms with Crippen molar-refractivity contribution >= 4 is 16.6 Å². The largest absolute Gasteiger partial charge is 0.379 e. The van der Waals surface area contributed by atoms with Crippen LogP contribution in [0.1, 0.15) is 81.5 Å². The van der Waals surface area contributed by atoms with Crippen LogP contribution in [0.5, 0.6) is 0 Å². The molecule has 6 nitrogen and oxygen atoms in total. The van der Waals surface area contributed by atoms with Crippen molar-refractivity contribution in [2.75, 3.05) is 31.4 Å². The molecule has 3 heterocycles. The van der Waals surface area contributed by atoms with E-state index in [4.69, 9.17) is 20.4 Å². The molecule has 3 aromatic rings. The molecule has 0 spiro atoms. The summed E-state index contributed by atoms with van der Waals surface area (Å²) in [6, 6.07) is 13.8. The van der Waals surface area contributed by atoms with E-state index in [0.717, 1.165) is 38.9 Å². The summed E-state index contributed by atoms with van der Waals surface area (Å²) in [4.78, 5) is 0. The Kier molecular flexibility index (Phi) is 7.65. The first-order valence-corrected chi connectivity index (χ1v) is 13.8. The van der Waals surface area contributed by atoms with Crippen molar-refractivity contribution < 1.29 is 9.47 Å². The molecule has 0 aliphatic carbocycles. The number of nitrogens with two attached hydrogens (primary N) is 1. The van der Waals surface area contributed by atoms with Crippen LogP contribution in [0.15, 0.2) is 42.6 Å². The number of ether oxygens (including phenoxy) is 2. The lowest BCUT2D eigenvalue weighted by atomic mass is 9.85. The van der Waals surface area contributed by atoms with Crippen LogP contribution < -0.4 is 10.9 Å². The Hall–Kier alpha value is -2.41. The molecule has 0 radical (unpaired) electrons. The van der Waals surface area contributed by atoms with Gasteiger partial charge in [0.25, 0.3) is 0 Å². The molecule has 4 atom stereocenters. The molecule has 5 rings (SSSR count). The van der Waals surface area contributed by atoms with Crippen molar-refractivity contribution in [1.82, 2.24) is 9.78 Å². The van der Waals surface area contributed by atoms with Crippen LogP contribution in [0.4, 0.5) is 5.69 Å². The maximum atomic E-state index is 6.80. The fourth-order valence-electron chi connectivity index (χ4n) is 6.23. The molecule has 0 amide bonds. The molecule has 2 aliphatic heterocycles. The second-order valence-corrected chi connectivity index (χ2v) is 11.1. The Morgan fingerprint density at radius 2 is 1.86 bits per heavy atom. The number of anilines is 1. The van der Waals surface area contributed by atoms with Gasteiger partial charge in [-0.1, -0.05) is 70.5 Å². The van der Waals surface area contributed by atoms with Gasteiger partial charge < -0.3 is 14.5 Å². The molecule has 0 saturated carbocycles. The van der Waals surface area contributed by atoms with Crippen LogP contribution in [-0.2, 0) is 15.9 Å². The van der Waals surface area contributed by atoms with E-state index in [1.165, 1.54) is 33.3 Å². The lowest BCUT2D eigenvalue weighted by molar-refractivity contribution is 0.178. The van der Waals surface area contributed by atoms with E-state index in [9.17, 15) is 0 Å². The first kappa shape index (κ1) is 25.2. The van der Waals surface area contributed by atoms with Crippen molar-refractivity contribution in [2.45, 2.75) is 77.3 Å². The number of fused-ring (bicyclic) bond motifs is 1. The molecule has 2 aromatic carbocycles. The van der Waals surface area contributed by atoms with Gasteiger partial charge in [-0.25, -0.2) is 5.84 Å². The Bertz CT molecular complexity index is 1170. The number of hydrogen-bond donors (Lipinski definition) is 1. The number of hydrazine groups is 1. The van der Waals surface area contributed by atoms with E-state index in [-0.39, 0.29) is 12.1 Å². The Morgan fingerprint density at radius 3 is 2.61 bits per heavy atom. The van der Waals surface area contributed by atoms with E-state index >= 15 is 0 Å². The number of aryl methyl sites for hydroxylation is 1. The third-order valence-electron chi connectivity index (χ3n) is 8.16. The predicted molar refractivity (Wildman–Crippen MR) is 147 cm³/mol. The topological polar surface area (TPSA) is 65.5 Å². The number of benzene rings is 2. The Balaban J connectivity index is 1.44. The van der Waals surface area contributed by atoms with E-state index < -0.39 is 0 Å². The first-order valence-electron chi connectivity index (χ1n) is 13.8. The van der Waals surface area contributed by atoms with Crippen molar-refractivity contribution in [1.29, 1.82) is 0 Å². The molecule has 2 unspecified atom stereocenters. The number of hydrogen-bond acceptors (Lipinski definition) is 5. The lowest BCUT2D eigenvalue weighted by Crippen LogP contribution is -2.43. The molecule has 194 valence electrons. The summed E-state index contributed by atoms with van der Waals surface area (Å²) in [5.74, 6) is 8.00. The monoisotopic (exact) mass is 490 g/mol. The number of aromatic nitrogens is 2. The summed E-state index contributed by atoms with van der Waals surface area (Å²) in [5.41, 5.74) is 6.52. The van der Waals surface area contributed by atoms with Crippen molar-refractivity contribution in [3.8, 4) is 0 Å². The van der Waals surface area contributed by atoms with Crippen LogP contribution >= 0.6 is 0 Å². The average molecular weight is 491 g/mol. The Morgan fingerprint density at radius 1 is 1.06 bits per heavy atom. The molecule has 36 heavy (non-hydrogen) atoms. The van der Waals surface area contributed by atoms with Crippen LogP contribution in [0.3, 0.4) is 0 Å². The zero-order chi connectivity index (χ0) is 25.2. The van der Waals surface area contributed by atoms with Crippen molar-refractivity contribution in [2.24, 2.45) is 11.8 Å². The van der Waals surface area contributed by atoms with E-state index in [1.807, 2.05) is 11.2 Å². The molecular formula is C30H42N4O2. The number of para-hydroxylation sites is 2. The van der Waals surface area contributed by atoms with Crippen molar-refractivity contribution in [3.05, 3.63) is 59.3 Å². The zero-order valence-corrected chi connectivity index (χ0v) is 22.3. The van der Waals surface area contributed by atoms with Crippen LogP contribution in [-0.4, -0.2) is 42.2 Å². The summed E-state index contributed by atoms with van der Waals surface area (Å²) >= 11 is 0. The van der Waals surface area contributed by atoms with Gasteiger partial charge in [-0.05, 0) is 47.8 Å². The third kappa shape index (κ3) is 4.79. The van der Waals surface area contributed by atoms with E-state index in [0.29, 0.717) is 31.0 Å². The quantitative estimate of drug-likeness (QED) is 0.296. The summed E-state index contributed by atoms with van der Waals surface area (Å²) in [6.45, 7) is 12.1. The smallest absolute Gasteiger partial charge is 0.0810 e. The molecule has 2 fully saturated rings. The fourth-order valence-corrected chi connectivity index (χ4v) is 6.23. The summed E-state index contributed by atoms with van der Waals surface area (Å²) < 4.78 is 14.0. The van der Waals surface area contributed by atoms with Gasteiger partial charge in [0, 0.05) is 17.9 Å². The van der Waals surface area contributed by atoms with Gasteiger partial charge in [-0.15, -0.1) is 0 Å². The van der Waals surface area contributed by atoms with E-state index in [1.54, 1.807) is 0 Å². The summed E-state index contributed by atoms with van der Waals surface area (Å²) in [6.07, 6.45) is 6.16. The van der Waals surface area contributed by atoms with Crippen LogP contribution in [0.2, 0.25) is 0 Å². The predicted octanol–water partition coefficient (Wildman–Crippen LogP) is 5.96.